The SMILES string of the molecule is Cc1ccc(C)c(OCc2ccc(C(=O)NCCCn3cc(C)cn3)o2)c1. The standard InChI is InChI=1S/C21H25N3O3/c1-15-5-6-17(3)20(11-15)26-14-18-7-8-19(27-18)21(25)22-9-4-10-24-13-16(2)12-23-24/h5-8,11-13H,4,9-10,14H2,1-3H3,(H,22,25). The van der Waals surface area contributed by atoms with Crippen molar-refractivity contribution in [3.05, 3.63) is 70.9 Å². The largest absolute Gasteiger partial charge is 0.485 e. The second-order valence-electron chi connectivity index (χ2n) is 6.71. The molecule has 27 heavy (non-hydrogen) atoms. The van der Waals surface area contributed by atoms with Crippen molar-refractivity contribution in [2.45, 2.75) is 40.3 Å². The maximum atomic E-state index is 12.2. The molecule has 0 saturated heterocycles. The highest BCUT2D eigenvalue weighted by Crippen LogP contribution is 2.21. The van der Waals surface area contributed by atoms with Crippen molar-refractivity contribution in [2.24, 2.45) is 0 Å². The van der Waals surface area contributed by atoms with Gasteiger partial charge in [-0.1, -0.05) is 12.1 Å². The molecular formula is C21H25N3O3. The fourth-order valence-corrected chi connectivity index (χ4v) is 2.71. The van der Waals surface area contributed by atoms with E-state index in [1.54, 1.807) is 12.1 Å². The van der Waals surface area contributed by atoms with E-state index < -0.39 is 0 Å². The van der Waals surface area contributed by atoms with Gasteiger partial charge in [0.05, 0.1) is 6.20 Å². The van der Waals surface area contributed by atoms with E-state index in [1.165, 1.54) is 0 Å². The van der Waals surface area contributed by atoms with Crippen LogP contribution in [0, 0.1) is 20.8 Å². The molecule has 6 heteroatoms. The third-order valence-electron chi connectivity index (χ3n) is 4.21. The Labute approximate surface area is 159 Å². The molecule has 1 amide bonds. The second kappa shape index (κ2) is 8.58. The van der Waals surface area contributed by atoms with Crippen LogP contribution in [0.5, 0.6) is 5.75 Å². The number of rotatable bonds is 8. The van der Waals surface area contributed by atoms with Crippen molar-refractivity contribution < 1.29 is 13.9 Å². The number of ether oxygens (including phenoxy) is 1. The van der Waals surface area contributed by atoms with Gasteiger partial charge in [0.1, 0.15) is 18.1 Å². The highest BCUT2D eigenvalue weighted by Gasteiger charge is 2.11. The van der Waals surface area contributed by atoms with Crippen molar-refractivity contribution in [1.29, 1.82) is 0 Å². The van der Waals surface area contributed by atoms with Gasteiger partial charge in [0.15, 0.2) is 5.76 Å². The van der Waals surface area contributed by atoms with Gasteiger partial charge in [-0.2, -0.15) is 5.10 Å². The zero-order valence-electron chi connectivity index (χ0n) is 16.0. The molecule has 3 rings (SSSR count). The van der Waals surface area contributed by atoms with Crippen LogP contribution in [0.15, 0.2) is 47.1 Å². The summed E-state index contributed by atoms with van der Waals surface area (Å²) in [5.74, 6) is 1.52. The Balaban J connectivity index is 1.45. The summed E-state index contributed by atoms with van der Waals surface area (Å²) < 4.78 is 13.3. The zero-order valence-corrected chi connectivity index (χ0v) is 16.0. The first-order valence-electron chi connectivity index (χ1n) is 9.07. The number of furan rings is 1. The van der Waals surface area contributed by atoms with Gasteiger partial charge in [-0.3, -0.25) is 9.48 Å². The van der Waals surface area contributed by atoms with E-state index in [0.717, 1.165) is 35.4 Å². The Morgan fingerprint density at radius 3 is 2.81 bits per heavy atom. The number of hydrogen-bond acceptors (Lipinski definition) is 4. The van der Waals surface area contributed by atoms with Gasteiger partial charge in [0.2, 0.25) is 0 Å². The summed E-state index contributed by atoms with van der Waals surface area (Å²) in [6.45, 7) is 7.64. The summed E-state index contributed by atoms with van der Waals surface area (Å²) in [4.78, 5) is 12.2. The summed E-state index contributed by atoms with van der Waals surface area (Å²) >= 11 is 0. The molecule has 0 radical (unpaired) electrons. The molecule has 0 bridgehead atoms. The van der Waals surface area contributed by atoms with Gasteiger partial charge < -0.3 is 14.5 Å². The second-order valence-corrected chi connectivity index (χ2v) is 6.71. The third-order valence-corrected chi connectivity index (χ3v) is 4.21. The number of aryl methyl sites for hydroxylation is 4. The van der Waals surface area contributed by atoms with Crippen molar-refractivity contribution >= 4 is 5.91 Å². The number of nitrogens with zero attached hydrogens (tertiary/aromatic N) is 2. The lowest BCUT2D eigenvalue weighted by molar-refractivity contribution is 0.0920. The zero-order chi connectivity index (χ0) is 19.2. The molecule has 0 atom stereocenters. The maximum Gasteiger partial charge on any atom is 0.286 e. The summed E-state index contributed by atoms with van der Waals surface area (Å²) in [5, 5.41) is 7.09. The van der Waals surface area contributed by atoms with E-state index in [0.29, 0.717) is 18.1 Å². The molecule has 0 unspecified atom stereocenters. The van der Waals surface area contributed by atoms with E-state index in [1.807, 2.05) is 56.0 Å². The van der Waals surface area contributed by atoms with Gasteiger partial charge in [-0.05, 0) is 62.1 Å². The average molecular weight is 367 g/mol. The van der Waals surface area contributed by atoms with E-state index in [2.05, 4.69) is 10.4 Å². The van der Waals surface area contributed by atoms with E-state index >= 15 is 0 Å². The molecule has 0 spiro atoms. The van der Waals surface area contributed by atoms with E-state index in [4.69, 9.17) is 9.15 Å². The van der Waals surface area contributed by atoms with Crippen LogP contribution < -0.4 is 10.1 Å². The Kier molecular flexibility index (Phi) is 5.96. The van der Waals surface area contributed by atoms with Gasteiger partial charge in [0.25, 0.3) is 5.91 Å². The van der Waals surface area contributed by atoms with Crippen molar-refractivity contribution in [2.75, 3.05) is 6.54 Å². The summed E-state index contributed by atoms with van der Waals surface area (Å²) in [7, 11) is 0. The van der Waals surface area contributed by atoms with Gasteiger partial charge in [-0.25, -0.2) is 0 Å². The highest BCUT2D eigenvalue weighted by atomic mass is 16.5. The normalized spacial score (nSPS) is 10.8. The highest BCUT2D eigenvalue weighted by molar-refractivity contribution is 5.91. The molecule has 1 N–H and O–H groups in total. The van der Waals surface area contributed by atoms with Crippen molar-refractivity contribution in [3.63, 3.8) is 0 Å². The lowest BCUT2D eigenvalue weighted by atomic mass is 10.1. The first kappa shape index (κ1) is 18.8. The molecule has 6 nitrogen and oxygen atoms in total. The molecular weight excluding hydrogens is 342 g/mol. The van der Waals surface area contributed by atoms with Crippen LogP contribution >= 0.6 is 0 Å². The van der Waals surface area contributed by atoms with Crippen LogP contribution in [-0.4, -0.2) is 22.2 Å². The number of carbonyl (C=O) groups excluding carboxylic acids is 1. The third kappa shape index (κ3) is 5.23. The molecule has 0 fully saturated rings. The molecule has 0 aliphatic rings. The van der Waals surface area contributed by atoms with Crippen LogP contribution in [0.2, 0.25) is 0 Å². The van der Waals surface area contributed by atoms with Crippen LogP contribution in [0.25, 0.3) is 0 Å². The Bertz CT molecular complexity index is 911. The fourth-order valence-electron chi connectivity index (χ4n) is 2.71. The lowest BCUT2D eigenvalue weighted by Crippen LogP contribution is -2.24. The molecule has 3 aromatic rings. The minimum Gasteiger partial charge on any atom is -0.485 e. The summed E-state index contributed by atoms with van der Waals surface area (Å²) in [6.07, 6.45) is 4.61. The molecule has 0 saturated carbocycles. The van der Waals surface area contributed by atoms with Gasteiger partial charge in [-0.15, -0.1) is 0 Å². The molecule has 0 aliphatic carbocycles. The van der Waals surface area contributed by atoms with Crippen LogP contribution in [0.3, 0.4) is 0 Å². The number of benzene rings is 1. The topological polar surface area (TPSA) is 69.3 Å². The van der Waals surface area contributed by atoms with Crippen LogP contribution in [0.1, 0.15) is 39.4 Å². The minimum atomic E-state index is -0.218. The van der Waals surface area contributed by atoms with E-state index in [-0.39, 0.29) is 12.5 Å². The summed E-state index contributed by atoms with van der Waals surface area (Å²) in [5.41, 5.74) is 3.34. The van der Waals surface area contributed by atoms with Crippen molar-refractivity contribution in [3.8, 4) is 5.75 Å². The number of aromatic nitrogens is 2. The molecule has 0 aliphatic heterocycles. The summed E-state index contributed by atoms with van der Waals surface area (Å²) in [6, 6.07) is 9.51. The van der Waals surface area contributed by atoms with Crippen molar-refractivity contribution in [1.82, 2.24) is 15.1 Å². The first-order chi connectivity index (χ1) is 13.0. The monoisotopic (exact) mass is 367 g/mol. The maximum absolute atomic E-state index is 12.2. The predicted octanol–water partition coefficient (Wildman–Crippen LogP) is 3.80. The average Bonchev–Trinajstić information content (AvgIpc) is 3.28. The van der Waals surface area contributed by atoms with Crippen LogP contribution in [0.4, 0.5) is 0 Å². The smallest absolute Gasteiger partial charge is 0.286 e. The first-order valence-corrected chi connectivity index (χ1v) is 9.07. The predicted molar refractivity (Wildman–Crippen MR) is 103 cm³/mol. The van der Waals surface area contributed by atoms with Gasteiger partial charge >= 0.3 is 0 Å². The van der Waals surface area contributed by atoms with Crippen LogP contribution in [-0.2, 0) is 13.2 Å². The Hall–Kier alpha value is -3.02. The minimum absolute atomic E-state index is 0.218. The quantitative estimate of drug-likeness (QED) is 0.615. The van der Waals surface area contributed by atoms with Gasteiger partial charge in [0, 0.05) is 19.3 Å². The number of carbonyl (C=O) groups is 1. The Morgan fingerprint density at radius 2 is 2.04 bits per heavy atom. The number of hydrogen-bond donors (Lipinski definition) is 1. The number of amides is 1. The lowest BCUT2D eigenvalue weighted by Gasteiger charge is -2.08. The molecule has 142 valence electrons. The number of nitrogens with one attached hydrogen (secondary N) is 1. The molecule has 2 heterocycles. The Morgan fingerprint density at radius 1 is 1.19 bits per heavy atom. The fraction of sp³-hybridized carbons (Fsp3) is 0.333. The molecule has 1 aromatic carbocycles. The van der Waals surface area contributed by atoms with E-state index in [9.17, 15) is 4.79 Å². The molecule has 2 aromatic heterocycles.